The Labute approximate surface area is 105 Å². The lowest BCUT2D eigenvalue weighted by atomic mass is 10.1. The van der Waals surface area contributed by atoms with Crippen molar-refractivity contribution in [2.45, 2.75) is 19.3 Å². The van der Waals surface area contributed by atoms with E-state index < -0.39 is 0 Å². The smallest absolute Gasteiger partial charge is 0.220 e. The van der Waals surface area contributed by atoms with Crippen molar-refractivity contribution in [3.63, 3.8) is 0 Å². The lowest BCUT2D eigenvalue weighted by Gasteiger charge is -1.97. The van der Waals surface area contributed by atoms with Gasteiger partial charge in [0.15, 0.2) is 0 Å². The quantitative estimate of drug-likeness (QED) is 0.795. The van der Waals surface area contributed by atoms with Gasteiger partial charge in [0.2, 0.25) is 11.8 Å². The molecule has 0 aliphatic carbocycles. The van der Waals surface area contributed by atoms with Crippen LogP contribution in [-0.2, 0) is 12.8 Å². The lowest BCUT2D eigenvalue weighted by Crippen LogP contribution is -2.08. The Balaban J connectivity index is 1.94. The van der Waals surface area contributed by atoms with Crippen molar-refractivity contribution in [1.82, 2.24) is 15.5 Å². The standard InChI is InChI=1S/C13H16FN3O/c1-15-7-3-6-12-16-17-13(18-12)9-10-4-2-5-11(14)8-10/h2,4-5,8,15H,3,6-7,9H2,1H3. The van der Waals surface area contributed by atoms with Crippen LogP contribution in [0.15, 0.2) is 28.7 Å². The summed E-state index contributed by atoms with van der Waals surface area (Å²) >= 11 is 0. The zero-order chi connectivity index (χ0) is 12.8. The van der Waals surface area contributed by atoms with E-state index in [0.29, 0.717) is 18.2 Å². The number of hydrogen-bond donors (Lipinski definition) is 1. The maximum atomic E-state index is 13.0. The Morgan fingerprint density at radius 3 is 2.89 bits per heavy atom. The highest BCUT2D eigenvalue weighted by Crippen LogP contribution is 2.10. The van der Waals surface area contributed by atoms with E-state index in [-0.39, 0.29) is 5.82 Å². The molecule has 1 heterocycles. The van der Waals surface area contributed by atoms with Crippen LogP contribution in [0.4, 0.5) is 4.39 Å². The van der Waals surface area contributed by atoms with Gasteiger partial charge in [-0.25, -0.2) is 4.39 Å². The van der Waals surface area contributed by atoms with E-state index >= 15 is 0 Å². The van der Waals surface area contributed by atoms with Gasteiger partial charge in [-0.3, -0.25) is 0 Å². The maximum Gasteiger partial charge on any atom is 0.220 e. The molecule has 1 N–H and O–H groups in total. The summed E-state index contributed by atoms with van der Waals surface area (Å²) in [4.78, 5) is 0. The van der Waals surface area contributed by atoms with Crippen LogP contribution in [0, 0.1) is 5.82 Å². The second-order valence-corrected chi connectivity index (χ2v) is 4.10. The second kappa shape index (κ2) is 6.26. The fourth-order valence-electron chi connectivity index (χ4n) is 1.70. The summed E-state index contributed by atoms with van der Waals surface area (Å²) in [6, 6.07) is 6.41. The zero-order valence-corrected chi connectivity index (χ0v) is 10.3. The summed E-state index contributed by atoms with van der Waals surface area (Å²) in [5, 5.41) is 11.0. The molecule has 96 valence electrons. The predicted octanol–water partition coefficient (Wildman–Crippen LogP) is 1.95. The van der Waals surface area contributed by atoms with Gasteiger partial charge in [-0.2, -0.15) is 0 Å². The van der Waals surface area contributed by atoms with Gasteiger partial charge in [0.1, 0.15) is 5.82 Å². The maximum absolute atomic E-state index is 13.0. The second-order valence-electron chi connectivity index (χ2n) is 4.10. The van der Waals surface area contributed by atoms with E-state index in [1.807, 2.05) is 13.1 Å². The van der Waals surface area contributed by atoms with Gasteiger partial charge >= 0.3 is 0 Å². The van der Waals surface area contributed by atoms with Crippen LogP contribution in [0.2, 0.25) is 0 Å². The molecule has 0 atom stereocenters. The molecule has 2 aromatic rings. The van der Waals surface area contributed by atoms with Crippen molar-refractivity contribution in [2.24, 2.45) is 0 Å². The van der Waals surface area contributed by atoms with Crippen LogP contribution < -0.4 is 5.32 Å². The highest BCUT2D eigenvalue weighted by atomic mass is 19.1. The first kappa shape index (κ1) is 12.7. The van der Waals surface area contributed by atoms with Crippen molar-refractivity contribution in [2.75, 3.05) is 13.6 Å². The predicted molar refractivity (Wildman–Crippen MR) is 65.8 cm³/mol. The number of benzene rings is 1. The van der Waals surface area contributed by atoms with Crippen molar-refractivity contribution in [3.8, 4) is 0 Å². The van der Waals surface area contributed by atoms with Gasteiger partial charge in [0.25, 0.3) is 0 Å². The third-order valence-corrected chi connectivity index (χ3v) is 2.57. The Morgan fingerprint density at radius 2 is 2.11 bits per heavy atom. The molecule has 18 heavy (non-hydrogen) atoms. The van der Waals surface area contributed by atoms with E-state index in [1.165, 1.54) is 12.1 Å². The fourth-order valence-corrected chi connectivity index (χ4v) is 1.70. The molecule has 0 aliphatic rings. The topological polar surface area (TPSA) is 51.0 Å². The molecule has 0 spiro atoms. The SMILES string of the molecule is CNCCCc1nnc(Cc2cccc(F)c2)o1. The van der Waals surface area contributed by atoms with Gasteiger partial charge in [-0.1, -0.05) is 12.1 Å². The Bertz CT molecular complexity index is 498. The molecule has 5 heteroatoms. The number of nitrogens with zero attached hydrogens (tertiary/aromatic N) is 2. The van der Waals surface area contributed by atoms with E-state index in [2.05, 4.69) is 15.5 Å². The molecule has 0 amide bonds. The van der Waals surface area contributed by atoms with Gasteiger partial charge < -0.3 is 9.73 Å². The van der Waals surface area contributed by atoms with Gasteiger partial charge in [0, 0.05) is 6.42 Å². The number of hydrogen-bond acceptors (Lipinski definition) is 4. The largest absolute Gasteiger partial charge is 0.425 e. The monoisotopic (exact) mass is 249 g/mol. The third kappa shape index (κ3) is 3.63. The molecule has 0 unspecified atom stereocenters. The molecule has 0 radical (unpaired) electrons. The highest BCUT2D eigenvalue weighted by Gasteiger charge is 2.07. The van der Waals surface area contributed by atoms with Gasteiger partial charge in [0.05, 0.1) is 6.42 Å². The molecule has 4 nitrogen and oxygen atoms in total. The molecule has 0 fully saturated rings. The average Bonchev–Trinajstić information content (AvgIpc) is 2.77. The Kier molecular flexibility index (Phi) is 4.41. The molecule has 0 saturated heterocycles. The van der Waals surface area contributed by atoms with E-state index in [1.54, 1.807) is 6.07 Å². The normalized spacial score (nSPS) is 10.8. The molecule has 2 rings (SSSR count). The summed E-state index contributed by atoms with van der Waals surface area (Å²) in [6.07, 6.45) is 2.19. The number of rotatable bonds is 6. The minimum absolute atomic E-state index is 0.249. The van der Waals surface area contributed by atoms with Crippen LogP contribution in [-0.4, -0.2) is 23.8 Å². The number of nitrogens with one attached hydrogen (secondary N) is 1. The summed E-state index contributed by atoms with van der Waals surface area (Å²) in [6.45, 7) is 0.918. The molecule has 1 aromatic heterocycles. The molecular formula is C13H16FN3O. The molecular weight excluding hydrogens is 233 g/mol. The minimum atomic E-state index is -0.249. The van der Waals surface area contributed by atoms with Crippen molar-refractivity contribution >= 4 is 0 Å². The Hall–Kier alpha value is -1.75. The first-order valence-corrected chi connectivity index (χ1v) is 5.98. The third-order valence-electron chi connectivity index (χ3n) is 2.57. The van der Waals surface area contributed by atoms with Crippen molar-refractivity contribution in [1.29, 1.82) is 0 Å². The average molecular weight is 249 g/mol. The minimum Gasteiger partial charge on any atom is -0.425 e. The van der Waals surface area contributed by atoms with Crippen molar-refractivity contribution < 1.29 is 8.81 Å². The molecule has 0 saturated carbocycles. The number of aryl methyl sites for hydroxylation is 1. The zero-order valence-electron chi connectivity index (χ0n) is 10.3. The van der Waals surface area contributed by atoms with Crippen molar-refractivity contribution in [3.05, 3.63) is 47.4 Å². The highest BCUT2D eigenvalue weighted by molar-refractivity contribution is 5.19. The first-order valence-electron chi connectivity index (χ1n) is 5.98. The first-order chi connectivity index (χ1) is 8.78. The summed E-state index contributed by atoms with van der Waals surface area (Å²) in [5.41, 5.74) is 0.834. The van der Waals surface area contributed by atoms with Crippen LogP contribution >= 0.6 is 0 Å². The molecule has 0 aliphatic heterocycles. The van der Waals surface area contributed by atoms with Crippen LogP contribution in [0.25, 0.3) is 0 Å². The van der Waals surface area contributed by atoms with Crippen LogP contribution in [0.1, 0.15) is 23.8 Å². The van der Waals surface area contributed by atoms with Gasteiger partial charge in [-0.15, -0.1) is 10.2 Å². The van der Waals surface area contributed by atoms with Gasteiger partial charge in [-0.05, 0) is 37.7 Å². The number of halogens is 1. The van der Waals surface area contributed by atoms with Crippen LogP contribution in [0.5, 0.6) is 0 Å². The lowest BCUT2D eigenvalue weighted by molar-refractivity contribution is 0.450. The van der Waals surface area contributed by atoms with E-state index in [0.717, 1.165) is 24.9 Å². The molecule has 1 aromatic carbocycles. The summed E-state index contributed by atoms with van der Waals surface area (Å²) in [5.74, 6) is 0.915. The van der Waals surface area contributed by atoms with Crippen LogP contribution in [0.3, 0.4) is 0 Å². The number of aromatic nitrogens is 2. The van der Waals surface area contributed by atoms with E-state index in [4.69, 9.17) is 4.42 Å². The summed E-state index contributed by atoms with van der Waals surface area (Å²) < 4.78 is 18.5. The van der Waals surface area contributed by atoms with E-state index in [9.17, 15) is 4.39 Å². The summed E-state index contributed by atoms with van der Waals surface area (Å²) in [7, 11) is 1.91. The fraction of sp³-hybridized carbons (Fsp3) is 0.385. The Morgan fingerprint density at radius 1 is 1.28 bits per heavy atom. The molecule has 0 bridgehead atoms.